The number of rotatable bonds is 1. The minimum absolute atomic E-state index is 1.33. The van der Waals surface area contributed by atoms with Crippen molar-refractivity contribution in [2.45, 2.75) is 6.92 Å². The monoisotopic (exact) mass is 192 g/mol. The van der Waals surface area contributed by atoms with Crippen LogP contribution in [0.15, 0.2) is 54.6 Å². The van der Waals surface area contributed by atoms with Crippen molar-refractivity contribution >= 4 is 11.1 Å². The molecule has 0 atom stereocenters. The van der Waals surface area contributed by atoms with Gasteiger partial charge in [0.1, 0.15) is 0 Å². The first-order valence-electron chi connectivity index (χ1n) is 5.24. The lowest BCUT2D eigenvalue weighted by Crippen LogP contribution is -2.05. The summed E-state index contributed by atoms with van der Waals surface area (Å²) in [4.78, 5) is 0. The number of allylic oxidation sites excluding steroid dienone is 1. The fourth-order valence-corrected chi connectivity index (χ4v) is 2.28. The van der Waals surface area contributed by atoms with Crippen molar-refractivity contribution in [2.75, 3.05) is 0 Å². The van der Waals surface area contributed by atoms with Gasteiger partial charge >= 0.3 is 0 Å². The summed E-state index contributed by atoms with van der Waals surface area (Å²) in [6.45, 7) is 2.20. The molecule has 0 heteroatoms. The Balaban J connectivity index is 2.15. The van der Waals surface area contributed by atoms with Crippen LogP contribution in [0, 0.1) is 0 Å². The van der Waals surface area contributed by atoms with E-state index in [4.69, 9.17) is 0 Å². The highest BCUT2D eigenvalue weighted by Crippen LogP contribution is 2.43. The third-order valence-electron chi connectivity index (χ3n) is 3.04. The fourth-order valence-electron chi connectivity index (χ4n) is 2.28. The highest BCUT2D eigenvalue weighted by molar-refractivity contribution is 6.09. The van der Waals surface area contributed by atoms with Gasteiger partial charge in [0.15, 0.2) is 0 Å². The molecule has 3 rings (SSSR count). The average molecular weight is 192 g/mol. The molecule has 0 N–H and O–H groups in total. The molecule has 0 spiro atoms. The summed E-state index contributed by atoms with van der Waals surface area (Å²) in [5.74, 6) is 0. The molecule has 0 fully saturated rings. The van der Waals surface area contributed by atoms with Gasteiger partial charge in [-0.15, -0.1) is 0 Å². The SMILES string of the molecule is CC1=C(c2ccccc2)c2ccccc21. The van der Waals surface area contributed by atoms with Crippen molar-refractivity contribution in [1.82, 2.24) is 0 Å². The lowest BCUT2D eigenvalue weighted by molar-refractivity contribution is 1.42. The van der Waals surface area contributed by atoms with E-state index in [-0.39, 0.29) is 0 Å². The first kappa shape index (κ1) is 8.49. The molecule has 1 aliphatic carbocycles. The Hall–Kier alpha value is -1.82. The summed E-state index contributed by atoms with van der Waals surface area (Å²) in [6, 6.07) is 19.2. The van der Waals surface area contributed by atoms with Gasteiger partial charge in [-0.1, -0.05) is 54.6 Å². The van der Waals surface area contributed by atoms with Crippen molar-refractivity contribution in [1.29, 1.82) is 0 Å². The maximum atomic E-state index is 2.20. The minimum Gasteiger partial charge on any atom is -0.0622 e. The summed E-state index contributed by atoms with van der Waals surface area (Å²) in [5, 5.41) is 0. The van der Waals surface area contributed by atoms with Gasteiger partial charge in [-0.2, -0.15) is 0 Å². The molecule has 0 saturated carbocycles. The van der Waals surface area contributed by atoms with Gasteiger partial charge in [0.2, 0.25) is 0 Å². The predicted molar refractivity (Wildman–Crippen MR) is 64.5 cm³/mol. The van der Waals surface area contributed by atoms with Gasteiger partial charge in [0.05, 0.1) is 0 Å². The lowest BCUT2D eigenvalue weighted by Gasteiger charge is -2.25. The van der Waals surface area contributed by atoms with Crippen molar-refractivity contribution < 1.29 is 0 Å². The Kier molecular flexibility index (Phi) is 1.75. The second-order valence-corrected chi connectivity index (χ2v) is 3.91. The quantitative estimate of drug-likeness (QED) is 0.641. The number of fused-ring (bicyclic) bond motifs is 1. The van der Waals surface area contributed by atoms with E-state index in [1.165, 1.54) is 27.8 Å². The van der Waals surface area contributed by atoms with Crippen molar-refractivity contribution in [3.8, 4) is 0 Å². The number of benzene rings is 2. The standard InChI is InChI=1S/C15H12/c1-11-13-9-5-6-10-14(13)15(11)12-7-3-2-4-8-12/h2-10H,1H3. The Morgan fingerprint density at radius 2 is 1.27 bits per heavy atom. The molecule has 0 heterocycles. The predicted octanol–water partition coefficient (Wildman–Crippen LogP) is 3.98. The zero-order chi connectivity index (χ0) is 10.3. The highest BCUT2D eigenvalue weighted by atomic mass is 14.3. The second kappa shape index (κ2) is 3.09. The summed E-state index contributed by atoms with van der Waals surface area (Å²) in [7, 11) is 0. The highest BCUT2D eigenvalue weighted by Gasteiger charge is 2.22. The van der Waals surface area contributed by atoms with Crippen molar-refractivity contribution in [2.24, 2.45) is 0 Å². The van der Waals surface area contributed by atoms with E-state index in [0.29, 0.717) is 0 Å². The van der Waals surface area contributed by atoms with Crippen LogP contribution < -0.4 is 0 Å². The zero-order valence-electron chi connectivity index (χ0n) is 8.70. The molecule has 2 aromatic rings. The molecule has 0 aromatic heterocycles. The first-order chi connectivity index (χ1) is 7.38. The van der Waals surface area contributed by atoms with Gasteiger partial charge in [0.25, 0.3) is 0 Å². The van der Waals surface area contributed by atoms with Crippen LogP contribution >= 0.6 is 0 Å². The number of hydrogen-bond acceptors (Lipinski definition) is 0. The van der Waals surface area contributed by atoms with Crippen LogP contribution in [0.25, 0.3) is 11.1 Å². The molecule has 72 valence electrons. The van der Waals surface area contributed by atoms with Gasteiger partial charge in [-0.05, 0) is 34.8 Å². The maximum Gasteiger partial charge on any atom is -0.00698 e. The maximum absolute atomic E-state index is 2.20. The molecule has 1 aliphatic rings. The Labute approximate surface area is 89.9 Å². The molecule has 2 aromatic carbocycles. The van der Waals surface area contributed by atoms with Gasteiger partial charge in [-0.25, -0.2) is 0 Å². The number of hydrogen-bond donors (Lipinski definition) is 0. The van der Waals surface area contributed by atoms with E-state index in [1.54, 1.807) is 0 Å². The summed E-state index contributed by atoms with van der Waals surface area (Å²) in [5.41, 5.74) is 6.94. The smallest absolute Gasteiger partial charge is 0.00698 e. The zero-order valence-corrected chi connectivity index (χ0v) is 8.70. The Bertz CT molecular complexity index is 533. The molecule has 0 aliphatic heterocycles. The van der Waals surface area contributed by atoms with Gasteiger partial charge in [0, 0.05) is 0 Å². The van der Waals surface area contributed by atoms with Crippen LogP contribution in [-0.4, -0.2) is 0 Å². The molecule has 15 heavy (non-hydrogen) atoms. The van der Waals surface area contributed by atoms with E-state index in [0.717, 1.165) is 0 Å². The fraction of sp³-hybridized carbons (Fsp3) is 0.0667. The van der Waals surface area contributed by atoms with Crippen LogP contribution in [0.5, 0.6) is 0 Å². The van der Waals surface area contributed by atoms with Crippen molar-refractivity contribution in [3.63, 3.8) is 0 Å². The topological polar surface area (TPSA) is 0 Å². The molecule has 0 saturated heterocycles. The van der Waals surface area contributed by atoms with Crippen molar-refractivity contribution in [3.05, 3.63) is 71.3 Å². The third kappa shape index (κ3) is 1.15. The normalized spacial score (nSPS) is 13.4. The van der Waals surface area contributed by atoms with E-state index in [9.17, 15) is 0 Å². The van der Waals surface area contributed by atoms with E-state index < -0.39 is 0 Å². The summed E-state index contributed by atoms with van der Waals surface area (Å²) >= 11 is 0. The van der Waals surface area contributed by atoms with Crippen LogP contribution in [0.2, 0.25) is 0 Å². The molecule has 0 nitrogen and oxygen atoms in total. The van der Waals surface area contributed by atoms with Crippen LogP contribution in [0.1, 0.15) is 23.6 Å². The van der Waals surface area contributed by atoms with E-state index in [2.05, 4.69) is 61.5 Å². The minimum atomic E-state index is 1.33. The van der Waals surface area contributed by atoms with Gasteiger partial charge < -0.3 is 0 Å². The second-order valence-electron chi connectivity index (χ2n) is 3.91. The Morgan fingerprint density at radius 3 is 2.00 bits per heavy atom. The van der Waals surface area contributed by atoms with Crippen LogP contribution in [-0.2, 0) is 0 Å². The van der Waals surface area contributed by atoms with Gasteiger partial charge in [-0.3, -0.25) is 0 Å². The van der Waals surface area contributed by atoms with E-state index >= 15 is 0 Å². The molecule has 0 radical (unpaired) electrons. The molecular weight excluding hydrogens is 180 g/mol. The Morgan fingerprint density at radius 1 is 0.667 bits per heavy atom. The molecule has 0 amide bonds. The van der Waals surface area contributed by atoms with Crippen LogP contribution in [0.3, 0.4) is 0 Å². The lowest BCUT2D eigenvalue weighted by atomic mass is 9.78. The summed E-state index contributed by atoms with van der Waals surface area (Å²) in [6.07, 6.45) is 0. The molecule has 0 unspecified atom stereocenters. The molecular formula is C15H12. The van der Waals surface area contributed by atoms with E-state index in [1.807, 2.05) is 0 Å². The molecule has 0 bridgehead atoms. The van der Waals surface area contributed by atoms with Crippen LogP contribution in [0.4, 0.5) is 0 Å². The first-order valence-corrected chi connectivity index (χ1v) is 5.24. The largest absolute Gasteiger partial charge is 0.0622 e. The summed E-state index contributed by atoms with van der Waals surface area (Å²) < 4.78 is 0. The average Bonchev–Trinajstić information content (AvgIpc) is 2.30. The third-order valence-corrected chi connectivity index (χ3v) is 3.04.